The molecule has 0 aliphatic heterocycles. The molecule has 0 saturated heterocycles. The molecule has 0 aromatic heterocycles. The summed E-state index contributed by atoms with van der Waals surface area (Å²) in [5.41, 5.74) is 3.42. The standard InChI is InChI=1S/C17H26N2O/c1-3-14-10-7-11-15(4-2)16(14)19-17(20)18-12-13-8-5-6-9-13/h7,10-11,13H,3-6,8-9,12H2,1-2H3,(H2,18,19,20). The summed E-state index contributed by atoms with van der Waals surface area (Å²) in [4.78, 5) is 12.1. The highest BCUT2D eigenvalue weighted by atomic mass is 16.2. The van der Waals surface area contributed by atoms with E-state index in [1.807, 2.05) is 0 Å². The molecule has 2 N–H and O–H groups in total. The van der Waals surface area contributed by atoms with E-state index in [4.69, 9.17) is 0 Å². The third-order valence-corrected chi connectivity index (χ3v) is 4.26. The number of carbonyl (C=O) groups is 1. The van der Waals surface area contributed by atoms with Crippen LogP contribution < -0.4 is 10.6 Å². The minimum absolute atomic E-state index is 0.0625. The normalized spacial score (nSPS) is 15.3. The SMILES string of the molecule is CCc1cccc(CC)c1NC(=O)NCC1CCCC1. The molecular formula is C17H26N2O. The van der Waals surface area contributed by atoms with Crippen LogP contribution in [0, 0.1) is 5.92 Å². The van der Waals surface area contributed by atoms with Crippen molar-refractivity contribution in [2.75, 3.05) is 11.9 Å². The fraction of sp³-hybridized carbons (Fsp3) is 0.588. The number of urea groups is 1. The van der Waals surface area contributed by atoms with Gasteiger partial charge in [-0.2, -0.15) is 0 Å². The number of anilines is 1. The van der Waals surface area contributed by atoms with E-state index in [-0.39, 0.29) is 6.03 Å². The average Bonchev–Trinajstić information content (AvgIpc) is 2.98. The molecule has 0 radical (unpaired) electrons. The molecule has 1 aromatic carbocycles. The van der Waals surface area contributed by atoms with Crippen LogP contribution in [0.15, 0.2) is 18.2 Å². The van der Waals surface area contributed by atoms with Crippen molar-refractivity contribution >= 4 is 11.7 Å². The van der Waals surface area contributed by atoms with Gasteiger partial charge in [0.15, 0.2) is 0 Å². The second kappa shape index (κ2) is 7.32. The molecule has 1 aliphatic carbocycles. The predicted molar refractivity (Wildman–Crippen MR) is 84.2 cm³/mol. The van der Waals surface area contributed by atoms with Gasteiger partial charge in [-0.05, 0) is 42.7 Å². The van der Waals surface area contributed by atoms with Gasteiger partial charge in [0, 0.05) is 12.2 Å². The molecule has 3 heteroatoms. The first-order chi connectivity index (χ1) is 9.74. The predicted octanol–water partition coefficient (Wildman–Crippen LogP) is 4.12. The fourth-order valence-corrected chi connectivity index (χ4v) is 3.01. The summed E-state index contributed by atoms with van der Waals surface area (Å²) in [6.45, 7) is 5.05. The van der Waals surface area contributed by atoms with E-state index in [9.17, 15) is 4.79 Å². The first-order valence-corrected chi connectivity index (χ1v) is 7.90. The van der Waals surface area contributed by atoms with Crippen LogP contribution in [0.25, 0.3) is 0 Å². The molecule has 1 saturated carbocycles. The summed E-state index contributed by atoms with van der Waals surface area (Å²) < 4.78 is 0. The van der Waals surface area contributed by atoms with Crippen LogP contribution in [0.3, 0.4) is 0 Å². The molecule has 20 heavy (non-hydrogen) atoms. The van der Waals surface area contributed by atoms with E-state index in [1.165, 1.54) is 36.8 Å². The Morgan fingerprint density at radius 1 is 1.15 bits per heavy atom. The highest BCUT2D eigenvalue weighted by Gasteiger charge is 2.16. The van der Waals surface area contributed by atoms with E-state index in [2.05, 4.69) is 42.7 Å². The Kier molecular flexibility index (Phi) is 5.45. The quantitative estimate of drug-likeness (QED) is 0.833. The summed E-state index contributed by atoms with van der Waals surface area (Å²) in [6, 6.07) is 6.18. The summed E-state index contributed by atoms with van der Waals surface area (Å²) >= 11 is 0. The zero-order chi connectivity index (χ0) is 14.4. The van der Waals surface area contributed by atoms with Crippen molar-refractivity contribution in [3.8, 4) is 0 Å². The van der Waals surface area contributed by atoms with Gasteiger partial charge < -0.3 is 10.6 Å². The highest BCUT2D eigenvalue weighted by molar-refractivity contribution is 5.91. The third-order valence-electron chi connectivity index (χ3n) is 4.26. The van der Waals surface area contributed by atoms with Crippen molar-refractivity contribution in [1.29, 1.82) is 0 Å². The van der Waals surface area contributed by atoms with E-state index < -0.39 is 0 Å². The molecule has 2 rings (SSSR count). The maximum Gasteiger partial charge on any atom is 0.319 e. The third kappa shape index (κ3) is 3.75. The lowest BCUT2D eigenvalue weighted by molar-refractivity contribution is 0.250. The Balaban J connectivity index is 1.95. The van der Waals surface area contributed by atoms with Gasteiger partial charge in [-0.3, -0.25) is 0 Å². The monoisotopic (exact) mass is 274 g/mol. The maximum absolute atomic E-state index is 12.1. The van der Waals surface area contributed by atoms with Gasteiger partial charge in [0.1, 0.15) is 0 Å². The van der Waals surface area contributed by atoms with Gasteiger partial charge in [-0.25, -0.2) is 4.79 Å². The van der Waals surface area contributed by atoms with Gasteiger partial charge >= 0.3 is 6.03 Å². The molecule has 2 amide bonds. The van der Waals surface area contributed by atoms with E-state index in [1.54, 1.807) is 0 Å². The Hall–Kier alpha value is -1.51. The number of hydrogen-bond donors (Lipinski definition) is 2. The smallest absolute Gasteiger partial charge is 0.319 e. The van der Waals surface area contributed by atoms with Crippen LogP contribution >= 0.6 is 0 Å². The van der Waals surface area contributed by atoms with Crippen LogP contribution in [0.5, 0.6) is 0 Å². The van der Waals surface area contributed by atoms with Gasteiger partial charge in [0.25, 0.3) is 0 Å². The second-order valence-electron chi connectivity index (χ2n) is 5.64. The Morgan fingerprint density at radius 3 is 2.30 bits per heavy atom. The summed E-state index contributed by atoms with van der Waals surface area (Å²) in [5, 5.41) is 6.08. The Morgan fingerprint density at radius 2 is 1.75 bits per heavy atom. The molecule has 110 valence electrons. The first-order valence-electron chi connectivity index (χ1n) is 7.90. The molecule has 0 unspecified atom stereocenters. The number of hydrogen-bond acceptors (Lipinski definition) is 1. The van der Waals surface area contributed by atoms with Crippen LogP contribution in [0.1, 0.15) is 50.7 Å². The Labute approximate surface area is 122 Å². The number of nitrogens with one attached hydrogen (secondary N) is 2. The van der Waals surface area contributed by atoms with Crippen molar-refractivity contribution in [1.82, 2.24) is 5.32 Å². The lowest BCUT2D eigenvalue weighted by Crippen LogP contribution is -2.33. The van der Waals surface area contributed by atoms with Crippen LogP contribution in [0.4, 0.5) is 10.5 Å². The fourth-order valence-electron chi connectivity index (χ4n) is 3.01. The molecule has 3 nitrogen and oxygen atoms in total. The van der Waals surface area contributed by atoms with Gasteiger partial charge in [-0.1, -0.05) is 44.9 Å². The van der Waals surface area contributed by atoms with Crippen molar-refractivity contribution in [3.05, 3.63) is 29.3 Å². The molecule has 1 aromatic rings. The largest absolute Gasteiger partial charge is 0.338 e. The number of benzene rings is 1. The minimum atomic E-state index is -0.0625. The number of para-hydroxylation sites is 1. The zero-order valence-corrected chi connectivity index (χ0v) is 12.7. The van der Waals surface area contributed by atoms with E-state index >= 15 is 0 Å². The summed E-state index contributed by atoms with van der Waals surface area (Å²) in [7, 11) is 0. The number of carbonyl (C=O) groups excluding carboxylic acids is 1. The van der Waals surface area contributed by atoms with E-state index in [0.29, 0.717) is 5.92 Å². The minimum Gasteiger partial charge on any atom is -0.338 e. The highest BCUT2D eigenvalue weighted by Crippen LogP contribution is 2.24. The number of amides is 2. The average molecular weight is 274 g/mol. The molecule has 1 aliphatic rings. The first kappa shape index (κ1) is 14.9. The molecule has 0 bridgehead atoms. The number of rotatable bonds is 5. The molecule has 0 atom stereocenters. The second-order valence-corrected chi connectivity index (χ2v) is 5.64. The van der Waals surface area contributed by atoms with Crippen LogP contribution in [0.2, 0.25) is 0 Å². The van der Waals surface area contributed by atoms with E-state index in [0.717, 1.165) is 25.1 Å². The Bertz CT molecular complexity index is 428. The lowest BCUT2D eigenvalue weighted by Gasteiger charge is -2.16. The van der Waals surface area contributed by atoms with Crippen molar-refractivity contribution < 1.29 is 4.79 Å². The molecular weight excluding hydrogens is 248 g/mol. The van der Waals surface area contributed by atoms with Gasteiger partial charge in [0.2, 0.25) is 0 Å². The summed E-state index contributed by atoms with van der Waals surface area (Å²) in [5.74, 6) is 0.674. The van der Waals surface area contributed by atoms with Crippen LogP contribution in [-0.2, 0) is 12.8 Å². The van der Waals surface area contributed by atoms with Gasteiger partial charge in [0.05, 0.1) is 0 Å². The number of aryl methyl sites for hydroxylation is 2. The van der Waals surface area contributed by atoms with Crippen molar-refractivity contribution in [3.63, 3.8) is 0 Å². The molecule has 1 fully saturated rings. The topological polar surface area (TPSA) is 41.1 Å². The van der Waals surface area contributed by atoms with Gasteiger partial charge in [-0.15, -0.1) is 0 Å². The van der Waals surface area contributed by atoms with Crippen molar-refractivity contribution in [2.24, 2.45) is 5.92 Å². The van der Waals surface area contributed by atoms with Crippen molar-refractivity contribution in [2.45, 2.75) is 52.4 Å². The van der Waals surface area contributed by atoms with Crippen LogP contribution in [-0.4, -0.2) is 12.6 Å². The zero-order valence-electron chi connectivity index (χ0n) is 12.7. The maximum atomic E-state index is 12.1. The lowest BCUT2D eigenvalue weighted by atomic mass is 10.0. The summed E-state index contributed by atoms with van der Waals surface area (Å²) in [6.07, 6.45) is 7.01. The molecule has 0 spiro atoms. The molecule has 0 heterocycles.